The zero-order chi connectivity index (χ0) is 15.8. The molecule has 1 aliphatic rings. The molecule has 1 heterocycles. The molecule has 2 rings (SSSR count). The molecule has 1 aliphatic heterocycles. The van der Waals surface area contributed by atoms with Crippen LogP contribution in [0.3, 0.4) is 0 Å². The molecule has 0 spiro atoms. The summed E-state index contributed by atoms with van der Waals surface area (Å²) < 4.78 is 27.3. The van der Waals surface area contributed by atoms with E-state index in [0.29, 0.717) is 10.6 Å². The van der Waals surface area contributed by atoms with Crippen LogP contribution in [0.5, 0.6) is 0 Å². The standard InChI is InChI=1S/C15H25N3O2S/c1-11-8-13(16)9-15(12(11)2)21(19,20)18(4)14-6-5-7-17(3)10-14/h8-9,14H,5-7,10,16H2,1-4H3. The summed E-state index contributed by atoms with van der Waals surface area (Å²) in [7, 11) is 0.197. The fourth-order valence-electron chi connectivity index (χ4n) is 2.91. The molecule has 1 unspecified atom stereocenters. The highest BCUT2D eigenvalue weighted by Gasteiger charge is 2.31. The normalized spacial score (nSPS) is 20.9. The van der Waals surface area contributed by atoms with Gasteiger partial charge >= 0.3 is 0 Å². The molecule has 1 atom stereocenters. The minimum Gasteiger partial charge on any atom is -0.399 e. The van der Waals surface area contributed by atoms with E-state index < -0.39 is 10.0 Å². The molecule has 5 nitrogen and oxygen atoms in total. The molecule has 0 aliphatic carbocycles. The van der Waals surface area contributed by atoms with Gasteiger partial charge in [-0.25, -0.2) is 8.42 Å². The molecule has 0 radical (unpaired) electrons. The van der Waals surface area contributed by atoms with Crippen molar-refractivity contribution >= 4 is 15.7 Å². The maximum Gasteiger partial charge on any atom is 0.243 e. The van der Waals surface area contributed by atoms with Crippen LogP contribution in [0.2, 0.25) is 0 Å². The second-order valence-electron chi connectivity index (χ2n) is 6.04. The summed E-state index contributed by atoms with van der Waals surface area (Å²) >= 11 is 0. The summed E-state index contributed by atoms with van der Waals surface area (Å²) in [5.41, 5.74) is 8.01. The lowest BCUT2D eigenvalue weighted by molar-refractivity contribution is 0.187. The quantitative estimate of drug-likeness (QED) is 0.861. The van der Waals surface area contributed by atoms with Crippen molar-refractivity contribution in [3.05, 3.63) is 23.3 Å². The number of hydrogen-bond acceptors (Lipinski definition) is 4. The largest absolute Gasteiger partial charge is 0.399 e. The van der Waals surface area contributed by atoms with Gasteiger partial charge in [-0.15, -0.1) is 0 Å². The van der Waals surface area contributed by atoms with E-state index in [1.807, 2.05) is 27.0 Å². The molecule has 2 N–H and O–H groups in total. The van der Waals surface area contributed by atoms with Crippen LogP contribution >= 0.6 is 0 Å². The Morgan fingerprint density at radius 2 is 2.00 bits per heavy atom. The summed E-state index contributed by atoms with van der Waals surface area (Å²) in [5, 5.41) is 0. The van der Waals surface area contributed by atoms with Crippen LogP contribution in [-0.2, 0) is 10.0 Å². The Balaban J connectivity index is 2.37. The first kappa shape index (κ1) is 16.3. The third-order valence-electron chi connectivity index (χ3n) is 4.41. The maximum absolute atomic E-state index is 12.9. The van der Waals surface area contributed by atoms with Crippen LogP contribution < -0.4 is 5.73 Å². The average Bonchev–Trinajstić information content (AvgIpc) is 2.41. The number of aryl methyl sites for hydroxylation is 1. The van der Waals surface area contributed by atoms with Crippen LogP contribution in [0, 0.1) is 13.8 Å². The molecule has 1 aromatic rings. The van der Waals surface area contributed by atoms with Gasteiger partial charge in [-0.05, 0) is 63.5 Å². The first-order valence-corrected chi connectivity index (χ1v) is 8.71. The van der Waals surface area contributed by atoms with E-state index in [-0.39, 0.29) is 6.04 Å². The Morgan fingerprint density at radius 1 is 1.33 bits per heavy atom. The number of anilines is 1. The van der Waals surface area contributed by atoms with E-state index in [4.69, 9.17) is 5.73 Å². The molecule has 6 heteroatoms. The number of nitrogen functional groups attached to an aromatic ring is 1. The number of likely N-dealkylation sites (tertiary alicyclic amines) is 1. The first-order chi connectivity index (χ1) is 9.73. The average molecular weight is 311 g/mol. The predicted octanol–water partition coefficient (Wildman–Crippen LogP) is 1.60. The lowest BCUT2D eigenvalue weighted by Gasteiger charge is -2.35. The van der Waals surface area contributed by atoms with Crippen LogP contribution in [0.1, 0.15) is 24.0 Å². The van der Waals surface area contributed by atoms with Crippen molar-refractivity contribution in [2.24, 2.45) is 0 Å². The van der Waals surface area contributed by atoms with Crippen LogP contribution in [0.25, 0.3) is 0 Å². The Bertz CT molecular complexity index is 628. The van der Waals surface area contributed by atoms with Gasteiger partial charge in [0.05, 0.1) is 4.90 Å². The summed E-state index contributed by atoms with van der Waals surface area (Å²) in [4.78, 5) is 2.51. The number of sulfonamides is 1. The Morgan fingerprint density at radius 3 is 2.62 bits per heavy atom. The highest BCUT2D eigenvalue weighted by molar-refractivity contribution is 7.89. The molecule has 1 fully saturated rings. The van der Waals surface area contributed by atoms with Gasteiger partial charge in [0.25, 0.3) is 0 Å². The number of likely N-dealkylation sites (N-methyl/N-ethyl adjacent to an activating group) is 2. The van der Waals surface area contributed by atoms with Crippen molar-refractivity contribution in [2.45, 2.75) is 37.6 Å². The molecule has 0 saturated carbocycles. The molecule has 21 heavy (non-hydrogen) atoms. The van der Waals surface area contributed by atoms with E-state index in [9.17, 15) is 8.42 Å². The Hall–Kier alpha value is -1.11. The number of hydrogen-bond donors (Lipinski definition) is 1. The smallest absolute Gasteiger partial charge is 0.243 e. The third kappa shape index (κ3) is 3.22. The molecule has 118 valence electrons. The summed E-state index contributed by atoms with van der Waals surface area (Å²) in [6, 6.07) is 3.40. The van der Waals surface area contributed by atoms with Crippen molar-refractivity contribution in [3.63, 3.8) is 0 Å². The van der Waals surface area contributed by atoms with Crippen molar-refractivity contribution < 1.29 is 8.42 Å². The molecule has 0 aromatic heterocycles. The third-order valence-corrected chi connectivity index (χ3v) is 6.45. The van der Waals surface area contributed by atoms with Crippen molar-refractivity contribution in [1.29, 1.82) is 0 Å². The fourth-order valence-corrected chi connectivity index (χ4v) is 4.62. The van der Waals surface area contributed by atoms with Gasteiger partial charge in [0, 0.05) is 25.3 Å². The van der Waals surface area contributed by atoms with Gasteiger partial charge in [0.2, 0.25) is 10.0 Å². The predicted molar refractivity (Wildman–Crippen MR) is 85.8 cm³/mol. The van der Waals surface area contributed by atoms with E-state index in [1.54, 1.807) is 13.1 Å². The number of nitrogens with zero attached hydrogens (tertiary/aromatic N) is 2. The lowest BCUT2D eigenvalue weighted by Crippen LogP contribution is -2.47. The SMILES string of the molecule is Cc1cc(N)cc(S(=O)(=O)N(C)C2CCCN(C)C2)c1C. The monoisotopic (exact) mass is 311 g/mol. The van der Waals surface area contributed by atoms with Crippen molar-refractivity contribution in [2.75, 3.05) is 32.9 Å². The van der Waals surface area contributed by atoms with E-state index in [0.717, 1.165) is 37.1 Å². The second kappa shape index (κ2) is 5.94. The Kier molecular flexibility index (Phi) is 4.60. The number of nitrogens with two attached hydrogens (primary N) is 1. The van der Waals surface area contributed by atoms with Crippen molar-refractivity contribution in [3.8, 4) is 0 Å². The topological polar surface area (TPSA) is 66.6 Å². The number of rotatable bonds is 3. The van der Waals surface area contributed by atoms with E-state index in [1.165, 1.54) is 4.31 Å². The lowest BCUT2D eigenvalue weighted by atomic mass is 10.1. The zero-order valence-electron chi connectivity index (χ0n) is 13.3. The minimum absolute atomic E-state index is 0.0230. The molecular formula is C15H25N3O2S. The van der Waals surface area contributed by atoms with Gasteiger partial charge in [-0.3, -0.25) is 0 Å². The van der Waals surface area contributed by atoms with E-state index >= 15 is 0 Å². The van der Waals surface area contributed by atoms with Crippen LogP contribution in [0.4, 0.5) is 5.69 Å². The zero-order valence-corrected chi connectivity index (χ0v) is 14.1. The summed E-state index contributed by atoms with van der Waals surface area (Å²) in [6.07, 6.45) is 1.93. The molecule has 1 aromatic carbocycles. The van der Waals surface area contributed by atoms with Gasteiger partial charge in [0.1, 0.15) is 0 Å². The minimum atomic E-state index is -3.51. The number of benzene rings is 1. The maximum atomic E-state index is 12.9. The van der Waals surface area contributed by atoms with Gasteiger partial charge in [-0.2, -0.15) is 4.31 Å². The molecule has 0 amide bonds. The summed E-state index contributed by atoms with van der Waals surface area (Å²) in [6.45, 7) is 5.53. The molecule has 1 saturated heterocycles. The summed E-state index contributed by atoms with van der Waals surface area (Å²) in [5.74, 6) is 0. The van der Waals surface area contributed by atoms with Gasteiger partial charge in [0.15, 0.2) is 0 Å². The molecule has 0 bridgehead atoms. The van der Waals surface area contributed by atoms with E-state index in [2.05, 4.69) is 4.90 Å². The molecular weight excluding hydrogens is 286 g/mol. The number of piperidine rings is 1. The second-order valence-corrected chi connectivity index (χ2v) is 8.01. The first-order valence-electron chi connectivity index (χ1n) is 7.26. The van der Waals surface area contributed by atoms with Crippen LogP contribution in [0.15, 0.2) is 17.0 Å². The van der Waals surface area contributed by atoms with Crippen LogP contribution in [-0.4, -0.2) is 50.8 Å². The van der Waals surface area contributed by atoms with Gasteiger partial charge in [-0.1, -0.05) is 0 Å². The van der Waals surface area contributed by atoms with Crippen molar-refractivity contribution in [1.82, 2.24) is 9.21 Å². The fraction of sp³-hybridized carbons (Fsp3) is 0.600. The highest BCUT2D eigenvalue weighted by atomic mass is 32.2. The highest BCUT2D eigenvalue weighted by Crippen LogP contribution is 2.27. The van der Waals surface area contributed by atoms with Gasteiger partial charge < -0.3 is 10.6 Å². The Labute approximate surface area is 127 Å².